The maximum Gasteiger partial charge on any atom is 0.417 e. The molecule has 0 amide bonds. The van der Waals surface area contributed by atoms with E-state index in [1.165, 1.54) is 23.1 Å². The molecule has 0 aliphatic rings. The molecule has 0 aliphatic carbocycles. The Morgan fingerprint density at radius 2 is 1.81 bits per heavy atom. The van der Waals surface area contributed by atoms with Crippen LogP contribution >= 0.6 is 0 Å². The van der Waals surface area contributed by atoms with Crippen LogP contribution < -0.4 is 15.4 Å². The number of oxazole rings is 1. The van der Waals surface area contributed by atoms with Crippen molar-refractivity contribution < 1.29 is 26.0 Å². The maximum atomic E-state index is 13.0. The molecule has 3 aromatic rings. The lowest BCUT2D eigenvalue weighted by Crippen LogP contribution is -2.18. The predicted octanol–water partition coefficient (Wildman–Crippen LogP) is 3.01. The SMILES string of the molecule is CN(C)c1ccc(C(F)(F)F)cc1NS(=O)(=O)c1ccc2[nH]c(=O)oc2c1. The van der Waals surface area contributed by atoms with Gasteiger partial charge in [0.1, 0.15) is 0 Å². The van der Waals surface area contributed by atoms with Gasteiger partial charge in [-0.2, -0.15) is 13.2 Å². The molecular weight excluding hydrogens is 387 g/mol. The summed E-state index contributed by atoms with van der Waals surface area (Å²) in [5.74, 6) is -0.750. The monoisotopic (exact) mass is 401 g/mol. The number of aromatic amines is 1. The number of hydrogen-bond acceptors (Lipinski definition) is 5. The van der Waals surface area contributed by atoms with Crippen molar-refractivity contribution in [1.82, 2.24) is 4.98 Å². The van der Waals surface area contributed by atoms with Crippen LogP contribution in [0.3, 0.4) is 0 Å². The molecular formula is C16H14F3N3O4S. The molecule has 2 aromatic carbocycles. The predicted molar refractivity (Wildman–Crippen MR) is 93.4 cm³/mol. The fraction of sp³-hybridized carbons (Fsp3) is 0.188. The number of nitrogens with one attached hydrogen (secondary N) is 2. The molecule has 0 spiro atoms. The second kappa shape index (κ2) is 6.34. The zero-order chi connectivity index (χ0) is 20.0. The standard InChI is InChI=1S/C16H14F3N3O4S/c1-22(2)13-6-3-9(16(17,18)19)7-12(13)21-27(24,25)10-4-5-11-14(8-10)26-15(23)20-11/h3-8,21H,1-2H3,(H,20,23). The summed E-state index contributed by atoms with van der Waals surface area (Å²) in [6.07, 6.45) is -4.63. The molecule has 0 fully saturated rings. The van der Waals surface area contributed by atoms with E-state index < -0.39 is 27.5 Å². The Bertz CT molecular complexity index is 1160. The normalized spacial score (nSPS) is 12.3. The first-order valence-corrected chi connectivity index (χ1v) is 9.00. The van der Waals surface area contributed by atoms with Crippen LogP contribution in [0.25, 0.3) is 11.1 Å². The highest BCUT2D eigenvalue weighted by atomic mass is 32.2. The summed E-state index contributed by atoms with van der Waals surface area (Å²) in [5, 5.41) is 0. The molecule has 0 aliphatic heterocycles. The number of rotatable bonds is 4. The third-order valence-corrected chi connectivity index (χ3v) is 5.12. The summed E-state index contributed by atoms with van der Waals surface area (Å²) in [5.41, 5.74) is -0.657. The number of sulfonamides is 1. The van der Waals surface area contributed by atoms with Crippen LogP contribution in [0.1, 0.15) is 5.56 Å². The average molecular weight is 401 g/mol. The summed E-state index contributed by atoms with van der Waals surface area (Å²) >= 11 is 0. The van der Waals surface area contributed by atoms with Crippen molar-refractivity contribution in [2.24, 2.45) is 0 Å². The zero-order valence-corrected chi connectivity index (χ0v) is 14.9. The highest BCUT2D eigenvalue weighted by Gasteiger charge is 2.32. The summed E-state index contributed by atoms with van der Waals surface area (Å²) in [6.45, 7) is 0. The zero-order valence-electron chi connectivity index (χ0n) is 14.1. The van der Waals surface area contributed by atoms with Gasteiger partial charge in [-0.3, -0.25) is 9.71 Å². The largest absolute Gasteiger partial charge is 0.417 e. The van der Waals surface area contributed by atoms with Gasteiger partial charge in [0, 0.05) is 20.2 Å². The van der Waals surface area contributed by atoms with Gasteiger partial charge in [-0.1, -0.05) is 0 Å². The van der Waals surface area contributed by atoms with E-state index in [-0.39, 0.29) is 21.9 Å². The second-order valence-corrected chi connectivity index (χ2v) is 7.58. The van der Waals surface area contributed by atoms with Gasteiger partial charge in [-0.15, -0.1) is 0 Å². The molecule has 144 valence electrons. The molecule has 1 aromatic heterocycles. The average Bonchev–Trinajstić information content (AvgIpc) is 2.92. The lowest BCUT2D eigenvalue weighted by Gasteiger charge is -2.20. The van der Waals surface area contributed by atoms with Crippen LogP contribution in [-0.4, -0.2) is 27.5 Å². The molecule has 0 bridgehead atoms. The summed E-state index contributed by atoms with van der Waals surface area (Å²) in [6, 6.07) is 6.41. The van der Waals surface area contributed by atoms with Crippen molar-refractivity contribution in [2.45, 2.75) is 11.1 Å². The van der Waals surface area contributed by atoms with Crippen LogP contribution in [0.5, 0.6) is 0 Å². The van der Waals surface area contributed by atoms with Crippen LogP contribution in [0.2, 0.25) is 0 Å². The first-order valence-electron chi connectivity index (χ1n) is 7.52. The molecule has 3 rings (SSSR count). The minimum atomic E-state index is -4.63. The number of halogens is 3. The van der Waals surface area contributed by atoms with E-state index in [0.717, 1.165) is 18.2 Å². The summed E-state index contributed by atoms with van der Waals surface area (Å²) in [4.78, 5) is 14.8. The van der Waals surface area contributed by atoms with Gasteiger partial charge in [0.25, 0.3) is 10.0 Å². The number of fused-ring (bicyclic) bond motifs is 1. The van der Waals surface area contributed by atoms with Crippen molar-refractivity contribution in [3.8, 4) is 0 Å². The molecule has 11 heteroatoms. The van der Waals surface area contributed by atoms with Gasteiger partial charge >= 0.3 is 11.9 Å². The van der Waals surface area contributed by atoms with E-state index in [4.69, 9.17) is 4.42 Å². The quantitative estimate of drug-likeness (QED) is 0.701. The molecule has 0 unspecified atom stereocenters. The van der Waals surface area contributed by atoms with Crippen molar-refractivity contribution >= 4 is 32.5 Å². The highest BCUT2D eigenvalue weighted by Crippen LogP contribution is 2.35. The molecule has 27 heavy (non-hydrogen) atoms. The minimum Gasteiger partial charge on any atom is -0.408 e. The molecule has 0 saturated carbocycles. The lowest BCUT2D eigenvalue weighted by molar-refractivity contribution is -0.137. The first-order chi connectivity index (χ1) is 12.5. The molecule has 1 heterocycles. The second-order valence-electron chi connectivity index (χ2n) is 5.90. The number of aromatic nitrogens is 1. The fourth-order valence-electron chi connectivity index (χ4n) is 2.48. The topological polar surface area (TPSA) is 95.4 Å². The van der Waals surface area contributed by atoms with Crippen LogP contribution in [0.4, 0.5) is 24.5 Å². The molecule has 0 saturated heterocycles. The van der Waals surface area contributed by atoms with Crippen molar-refractivity contribution in [1.29, 1.82) is 0 Å². The minimum absolute atomic E-state index is 0.0137. The van der Waals surface area contributed by atoms with E-state index in [2.05, 4.69) is 9.71 Å². The smallest absolute Gasteiger partial charge is 0.408 e. The molecule has 2 N–H and O–H groups in total. The van der Waals surface area contributed by atoms with E-state index in [9.17, 15) is 26.4 Å². The number of anilines is 2. The summed E-state index contributed by atoms with van der Waals surface area (Å²) < 4.78 is 71.3. The van der Waals surface area contributed by atoms with E-state index in [0.29, 0.717) is 5.52 Å². The Morgan fingerprint density at radius 1 is 1.11 bits per heavy atom. The van der Waals surface area contributed by atoms with Crippen molar-refractivity contribution in [3.05, 3.63) is 52.5 Å². The Hall–Kier alpha value is -2.95. The number of H-pyrrole nitrogens is 1. The van der Waals surface area contributed by atoms with Gasteiger partial charge < -0.3 is 9.32 Å². The molecule has 0 atom stereocenters. The van der Waals surface area contributed by atoms with Gasteiger partial charge in [0.2, 0.25) is 0 Å². The van der Waals surface area contributed by atoms with Crippen molar-refractivity contribution in [3.63, 3.8) is 0 Å². The Morgan fingerprint density at radius 3 is 2.44 bits per heavy atom. The first kappa shape index (κ1) is 18.8. The van der Waals surface area contributed by atoms with Crippen LogP contribution in [-0.2, 0) is 16.2 Å². The Balaban J connectivity index is 2.06. The molecule has 7 nitrogen and oxygen atoms in total. The van der Waals surface area contributed by atoms with Crippen molar-refractivity contribution in [2.75, 3.05) is 23.7 Å². The van der Waals surface area contributed by atoms with Gasteiger partial charge in [-0.25, -0.2) is 13.2 Å². The van der Waals surface area contributed by atoms with E-state index >= 15 is 0 Å². The Labute approximate surface area is 151 Å². The number of hydrogen-bond donors (Lipinski definition) is 2. The Kier molecular flexibility index (Phi) is 4.42. The third kappa shape index (κ3) is 3.77. The third-order valence-electron chi connectivity index (χ3n) is 3.75. The van der Waals surface area contributed by atoms with Crippen LogP contribution in [0, 0.1) is 0 Å². The maximum absolute atomic E-state index is 13.0. The number of nitrogens with zero attached hydrogens (tertiary/aromatic N) is 1. The van der Waals surface area contributed by atoms with Gasteiger partial charge in [-0.05, 0) is 30.3 Å². The highest BCUT2D eigenvalue weighted by molar-refractivity contribution is 7.92. The van der Waals surface area contributed by atoms with Gasteiger partial charge in [0.15, 0.2) is 5.58 Å². The van der Waals surface area contributed by atoms with E-state index in [1.807, 2.05) is 0 Å². The molecule has 0 radical (unpaired) electrons. The fourth-order valence-corrected chi connectivity index (χ4v) is 3.56. The van der Waals surface area contributed by atoms with Crippen LogP contribution in [0.15, 0.2) is 50.5 Å². The summed E-state index contributed by atoms with van der Waals surface area (Å²) in [7, 11) is -1.09. The van der Waals surface area contributed by atoms with Gasteiger partial charge in [0.05, 0.1) is 27.4 Å². The number of alkyl halides is 3. The number of benzene rings is 2. The lowest BCUT2D eigenvalue weighted by atomic mass is 10.1. The van der Waals surface area contributed by atoms with E-state index in [1.54, 1.807) is 14.1 Å².